The molecule has 0 atom stereocenters. The molecule has 0 fully saturated rings. The van der Waals surface area contributed by atoms with Crippen LogP contribution in [0.2, 0.25) is 5.02 Å². The largest absolute Gasteiger partial charge is 0.486 e. The van der Waals surface area contributed by atoms with Gasteiger partial charge in [-0.15, -0.1) is 5.10 Å². The highest BCUT2D eigenvalue weighted by Crippen LogP contribution is 2.38. The van der Waals surface area contributed by atoms with Crippen LogP contribution in [0.15, 0.2) is 48.7 Å². The van der Waals surface area contributed by atoms with Crippen LogP contribution >= 0.6 is 11.6 Å². The SMILES string of the molecule is Cc1c(C(=O)Nc2cc3c(cc2Cl)OCCO3)nnn1-c1ccc2ncccc2c1. The molecule has 0 unspecified atom stereocenters. The lowest BCUT2D eigenvalue weighted by atomic mass is 10.2. The topological polar surface area (TPSA) is 91.2 Å². The van der Waals surface area contributed by atoms with Gasteiger partial charge in [-0.3, -0.25) is 9.78 Å². The van der Waals surface area contributed by atoms with E-state index in [-0.39, 0.29) is 5.69 Å². The Morgan fingerprint density at radius 1 is 1.13 bits per heavy atom. The van der Waals surface area contributed by atoms with Gasteiger partial charge in [0.05, 0.1) is 27.6 Å². The second-order valence-electron chi connectivity index (χ2n) is 6.75. The minimum absolute atomic E-state index is 0.201. The number of amides is 1. The molecule has 5 rings (SSSR count). The van der Waals surface area contributed by atoms with Crippen molar-refractivity contribution < 1.29 is 14.3 Å². The number of nitrogens with zero attached hydrogens (tertiary/aromatic N) is 4. The van der Waals surface area contributed by atoms with Gasteiger partial charge in [0, 0.05) is 23.7 Å². The molecule has 0 bridgehead atoms. The fraction of sp³-hybridized carbons (Fsp3) is 0.143. The number of carbonyl (C=O) groups excluding carboxylic acids is 1. The van der Waals surface area contributed by atoms with Crippen LogP contribution in [0.3, 0.4) is 0 Å². The summed E-state index contributed by atoms with van der Waals surface area (Å²) in [5.41, 5.74) is 2.88. The summed E-state index contributed by atoms with van der Waals surface area (Å²) < 4.78 is 12.7. The highest BCUT2D eigenvalue weighted by molar-refractivity contribution is 6.34. The summed E-state index contributed by atoms with van der Waals surface area (Å²) in [5, 5.41) is 12.3. The van der Waals surface area contributed by atoms with Gasteiger partial charge in [-0.1, -0.05) is 22.9 Å². The maximum atomic E-state index is 12.8. The zero-order valence-electron chi connectivity index (χ0n) is 15.9. The van der Waals surface area contributed by atoms with Crippen LogP contribution in [-0.4, -0.2) is 39.1 Å². The van der Waals surface area contributed by atoms with E-state index in [1.165, 1.54) is 0 Å². The number of pyridine rings is 1. The molecule has 0 saturated heterocycles. The normalized spacial score (nSPS) is 12.7. The lowest BCUT2D eigenvalue weighted by Gasteiger charge is -2.19. The van der Waals surface area contributed by atoms with E-state index in [0.29, 0.717) is 41.1 Å². The van der Waals surface area contributed by atoms with E-state index in [9.17, 15) is 4.79 Å². The van der Waals surface area contributed by atoms with Gasteiger partial charge in [0.15, 0.2) is 17.2 Å². The first-order chi connectivity index (χ1) is 14.6. The average molecular weight is 422 g/mol. The van der Waals surface area contributed by atoms with Gasteiger partial charge in [0.1, 0.15) is 13.2 Å². The molecule has 30 heavy (non-hydrogen) atoms. The maximum Gasteiger partial charge on any atom is 0.278 e. The van der Waals surface area contributed by atoms with Crippen LogP contribution in [-0.2, 0) is 0 Å². The molecule has 1 aliphatic rings. The Hall–Kier alpha value is -3.65. The van der Waals surface area contributed by atoms with E-state index < -0.39 is 5.91 Å². The first-order valence-corrected chi connectivity index (χ1v) is 9.66. The Morgan fingerprint density at radius 2 is 1.93 bits per heavy atom. The highest BCUT2D eigenvalue weighted by Gasteiger charge is 2.21. The fourth-order valence-corrected chi connectivity index (χ4v) is 3.52. The van der Waals surface area contributed by atoms with E-state index in [2.05, 4.69) is 20.6 Å². The minimum Gasteiger partial charge on any atom is -0.486 e. The molecular weight excluding hydrogens is 406 g/mol. The number of benzene rings is 2. The molecule has 2 aromatic carbocycles. The standard InChI is InChI=1S/C21H16ClN5O3/c1-12-20(21(28)24-17-11-19-18(10-15(17)22)29-7-8-30-19)25-26-27(12)14-4-5-16-13(9-14)3-2-6-23-16/h2-6,9-11H,7-8H2,1H3,(H,24,28). The van der Waals surface area contributed by atoms with Crippen molar-refractivity contribution in [3.05, 3.63) is 65.1 Å². The summed E-state index contributed by atoms with van der Waals surface area (Å²) >= 11 is 6.29. The number of halogens is 1. The van der Waals surface area contributed by atoms with Crippen molar-refractivity contribution in [3.8, 4) is 17.2 Å². The van der Waals surface area contributed by atoms with Crippen LogP contribution in [0.5, 0.6) is 11.5 Å². The number of hydrogen-bond donors (Lipinski definition) is 1. The lowest BCUT2D eigenvalue weighted by molar-refractivity contribution is 0.102. The molecule has 1 N–H and O–H groups in total. The predicted molar refractivity (Wildman–Crippen MR) is 112 cm³/mol. The van der Waals surface area contributed by atoms with Gasteiger partial charge >= 0.3 is 0 Å². The van der Waals surface area contributed by atoms with Crippen LogP contribution in [0, 0.1) is 6.92 Å². The Bertz CT molecular complexity index is 1290. The molecule has 8 nitrogen and oxygen atoms in total. The molecule has 0 saturated carbocycles. The average Bonchev–Trinajstić information content (AvgIpc) is 3.15. The Labute approximate surface area is 176 Å². The molecule has 9 heteroatoms. The molecule has 0 spiro atoms. The number of hydrogen-bond acceptors (Lipinski definition) is 6. The molecule has 150 valence electrons. The lowest BCUT2D eigenvalue weighted by Crippen LogP contribution is -2.17. The molecule has 0 aliphatic carbocycles. The second kappa shape index (κ2) is 7.31. The van der Waals surface area contributed by atoms with E-state index in [1.807, 2.05) is 30.3 Å². The van der Waals surface area contributed by atoms with Crippen molar-refractivity contribution in [2.75, 3.05) is 18.5 Å². The molecule has 1 aliphatic heterocycles. The van der Waals surface area contributed by atoms with Gasteiger partial charge in [0.2, 0.25) is 0 Å². The predicted octanol–water partition coefficient (Wildman–Crippen LogP) is 3.80. The smallest absolute Gasteiger partial charge is 0.278 e. The van der Waals surface area contributed by atoms with E-state index >= 15 is 0 Å². The minimum atomic E-state index is -0.417. The van der Waals surface area contributed by atoms with Crippen molar-refractivity contribution in [3.63, 3.8) is 0 Å². The molecular formula is C21H16ClN5O3. The molecule has 4 aromatic rings. The molecule has 0 radical (unpaired) electrons. The van der Waals surface area contributed by atoms with Crippen molar-refractivity contribution >= 4 is 34.1 Å². The summed E-state index contributed by atoms with van der Waals surface area (Å²) in [6.07, 6.45) is 1.74. The third-order valence-electron chi connectivity index (χ3n) is 4.82. The highest BCUT2D eigenvalue weighted by atomic mass is 35.5. The number of aromatic nitrogens is 4. The quantitative estimate of drug-likeness (QED) is 0.541. The monoisotopic (exact) mass is 421 g/mol. The van der Waals surface area contributed by atoms with Crippen molar-refractivity contribution in [2.24, 2.45) is 0 Å². The summed E-state index contributed by atoms with van der Waals surface area (Å²) in [4.78, 5) is 17.2. The Balaban J connectivity index is 1.44. The zero-order chi connectivity index (χ0) is 20.7. The summed E-state index contributed by atoms with van der Waals surface area (Å²) in [6.45, 7) is 2.69. The number of rotatable bonds is 3. The maximum absolute atomic E-state index is 12.8. The van der Waals surface area contributed by atoms with Crippen molar-refractivity contribution in [1.82, 2.24) is 20.0 Å². The van der Waals surface area contributed by atoms with Crippen LogP contribution in [0.1, 0.15) is 16.2 Å². The molecule has 1 amide bonds. The fourth-order valence-electron chi connectivity index (χ4n) is 3.32. The van der Waals surface area contributed by atoms with E-state index in [1.54, 1.807) is 29.9 Å². The number of fused-ring (bicyclic) bond motifs is 2. The van der Waals surface area contributed by atoms with Gasteiger partial charge in [-0.2, -0.15) is 0 Å². The van der Waals surface area contributed by atoms with Crippen LogP contribution in [0.25, 0.3) is 16.6 Å². The molecule has 3 heterocycles. The number of ether oxygens (including phenoxy) is 2. The second-order valence-corrected chi connectivity index (χ2v) is 7.15. The first-order valence-electron chi connectivity index (χ1n) is 9.28. The van der Waals surface area contributed by atoms with Crippen LogP contribution < -0.4 is 14.8 Å². The third-order valence-corrected chi connectivity index (χ3v) is 5.13. The van der Waals surface area contributed by atoms with Gasteiger partial charge in [-0.25, -0.2) is 4.68 Å². The summed E-state index contributed by atoms with van der Waals surface area (Å²) in [5.74, 6) is 0.669. The summed E-state index contributed by atoms with van der Waals surface area (Å²) in [6, 6.07) is 12.8. The number of nitrogens with one attached hydrogen (secondary N) is 1. The third kappa shape index (κ3) is 3.21. The zero-order valence-corrected chi connectivity index (χ0v) is 16.7. The Kier molecular flexibility index (Phi) is 4.48. The number of carbonyl (C=O) groups is 1. The summed E-state index contributed by atoms with van der Waals surface area (Å²) in [7, 11) is 0. The Morgan fingerprint density at radius 3 is 2.77 bits per heavy atom. The van der Waals surface area contributed by atoms with E-state index in [4.69, 9.17) is 21.1 Å². The molecule has 2 aromatic heterocycles. The van der Waals surface area contributed by atoms with Gasteiger partial charge < -0.3 is 14.8 Å². The van der Waals surface area contributed by atoms with E-state index in [0.717, 1.165) is 16.6 Å². The van der Waals surface area contributed by atoms with Crippen molar-refractivity contribution in [1.29, 1.82) is 0 Å². The first kappa shape index (κ1) is 18.4. The van der Waals surface area contributed by atoms with Gasteiger partial charge in [0.25, 0.3) is 5.91 Å². The van der Waals surface area contributed by atoms with Crippen LogP contribution in [0.4, 0.5) is 5.69 Å². The van der Waals surface area contributed by atoms with Crippen molar-refractivity contribution in [2.45, 2.75) is 6.92 Å². The van der Waals surface area contributed by atoms with Gasteiger partial charge in [-0.05, 0) is 31.2 Å². The number of anilines is 1.